The van der Waals surface area contributed by atoms with Crippen LogP contribution in [0.1, 0.15) is 37.4 Å². The first-order chi connectivity index (χ1) is 13.8. The lowest BCUT2D eigenvalue weighted by Crippen LogP contribution is -2.30. The average Bonchev–Trinajstić information content (AvgIpc) is 2.69. The van der Waals surface area contributed by atoms with Crippen LogP contribution in [-0.4, -0.2) is 34.7 Å². The summed E-state index contributed by atoms with van der Waals surface area (Å²) in [5, 5.41) is 0. The number of benzene rings is 2. The Morgan fingerprint density at radius 3 is 2.21 bits per heavy atom. The second-order valence-electron chi connectivity index (χ2n) is 6.34. The molecule has 0 aliphatic carbocycles. The molecular weight excluding hydrogens is 394 g/mol. The number of hydrogen-bond acceptors (Lipinski definition) is 6. The number of esters is 1. The minimum atomic E-state index is -3.94. The zero-order valence-electron chi connectivity index (χ0n) is 17.1. The molecule has 0 radical (unpaired) electrons. The predicted molar refractivity (Wildman–Crippen MR) is 110 cm³/mol. The highest BCUT2D eigenvalue weighted by molar-refractivity contribution is 7.89. The second-order valence-corrected chi connectivity index (χ2v) is 8.05. The molecule has 0 fully saturated rings. The molecule has 8 heteroatoms. The maximum Gasteiger partial charge on any atom is 0.307 e. The van der Waals surface area contributed by atoms with Gasteiger partial charge in [0.05, 0.1) is 37.7 Å². The van der Waals surface area contributed by atoms with Crippen LogP contribution in [0.25, 0.3) is 0 Å². The first-order valence-corrected chi connectivity index (χ1v) is 10.8. The lowest BCUT2D eigenvalue weighted by Gasteiger charge is -2.19. The third-order valence-electron chi connectivity index (χ3n) is 4.20. The molecule has 1 atom stereocenters. The molecule has 0 saturated heterocycles. The smallest absolute Gasteiger partial charge is 0.307 e. The van der Waals surface area contributed by atoms with Crippen molar-refractivity contribution in [2.45, 2.75) is 38.1 Å². The Hall–Kier alpha value is -2.58. The Bertz CT molecular complexity index is 925. The summed E-state index contributed by atoms with van der Waals surface area (Å²) in [6.07, 6.45) is -0.131. The van der Waals surface area contributed by atoms with E-state index in [0.29, 0.717) is 30.3 Å². The summed E-state index contributed by atoms with van der Waals surface area (Å²) < 4.78 is 44.4. The Balaban J connectivity index is 2.37. The fourth-order valence-electron chi connectivity index (χ4n) is 2.73. The Labute approximate surface area is 172 Å². The van der Waals surface area contributed by atoms with E-state index in [-0.39, 0.29) is 11.3 Å². The molecule has 0 aromatic heterocycles. The van der Waals surface area contributed by atoms with Gasteiger partial charge in [-0.2, -0.15) is 0 Å². The van der Waals surface area contributed by atoms with E-state index >= 15 is 0 Å². The average molecular weight is 422 g/mol. The van der Waals surface area contributed by atoms with Gasteiger partial charge in [-0.05, 0) is 38.5 Å². The van der Waals surface area contributed by atoms with Gasteiger partial charge in [-0.15, -0.1) is 0 Å². The van der Waals surface area contributed by atoms with E-state index in [1.807, 2.05) is 26.0 Å². The van der Waals surface area contributed by atoms with E-state index in [4.69, 9.17) is 14.2 Å². The van der Waals surface area contributed by atoms with E-state index in [0.717, 1.165) is 5.56 Å². The van der Waals surface area contributed by atoms with Gasteiger partial charge in [0.1, 0.15) is 0 Å². The molecule has 29 heavy (non-hydrogen) atoms. The van der Waals surface area contributed by atoms with Gasteiger partial charge in [0.25, 0.3) is 0 Å². The molecule has 0 amide bonds. The quantitative estimate of drug-likeness (QED) is 0.592. The van der Waals surface area contributed by atoms with Gasteiger partial charge >= 0.3 is 5.97 Å². The lowest BCUT2D eigenvalue weighted by atomic mass is 10.0. The molecule has 2 aromatic carbocycles. The summed E-state index contributed by atoms with van der Waals surface area (Å²) in [5.41, 5.74) is 1.70. The van der Waals surface area contributed by atoms with E-state index < -0.39 is 22.0 Å². The van der Waals surface area contributed by atoms with Crippen molar-refractivity contribution in [1.29, 1.82) is 0 Å². The summed E-state index contributed by atoms with van der Waals surface area (Å²) in [4.78, 5) is 11.9. The SMILES string of the molecule is CCOc1ccc(S(=O)(=O)NC(CC(=O)OC)c2ccc(C)cc2)cc1OCC. The van der Waals surface area contributed by atoms with Crippen LogP contribution in [0.2, 0.25) is 0 Å². The van der Waals surface area contributed by atoms with Crippen LogP contribution in [0.5, 0.6) is 11.5 Å². The van der Waals surface area contributed by atoms with E-state index in [1.54, 1.807) is 25.1 Å². The molecule has 0 bridgehead atoms. The minimum absolute atomic E-state index is 0.0198. The Kier molecular flexibility index (Phi) is 8.04. The number of carbonyl (C=O) groups excluding carboxylic acids is 1. The normalized spacial score (nSPS) is 12.3. The molecule has 0 saturated carbocycles. The molecule has 1 N–H and O–H groups in total. The van der Waals surface area contributed by atoms with Gasteiger partial charge < -0.3 is 14.2 Å². The highest BCUT2D eigenvalue weighted by Gasteiger charge is 2.25. The number of methoxy groups -OCH3 is 1. The molecule has 0 heterocycles. The van der Waals surface area contributed by atoms with E-state index in [9.17, 15) is 13.2 Å². The standard InChI is InChI=1S/C21H27NO6S/c1-5-27-19-12-11-17(13-20(19)28-6-2)29(24,25)22-18(14-21(23)26-4)16-9-7-15(3)8-10-16/h7-13,18,22H,5-6,14H2,1-4H3. The van der Waals surface area contributed by atoms with Crippen LogP contribution in [-0.2, 0) is 19.6 Å². The van der Waals surface area contributed by atoms with Gasteiger partial charge in [-0.1, -0.05) is 29.8 Å². The van der Waals surface area contributed by atoms with Gasteiger partial charge in [0.2, 0.25) is 10.0 Å². The topological polar surface area (TPSA) is 90.9 Å². The molecule has 158 valence electrons. The van der Waals surface area contributed by atoms with Crippen molar-refractivity contribution >= 4 is 16.0 Å². The van der Waals surface area contributed by atoms with Crippen molar-refractivity contribution in [2.24, 2.45) is 0 Å². The maximum absolute atomic E-state index is 13.0. The number of nitrogens with one attached hydrogen (secondary N) is 1. The molecule has 0 spiro atoms. The Morgan fingerprint density at radius 2 is 1.62 bits per heavy atom. The molecule has 0 aliphatic heterocycles. The lowest BCUT2D eigenvalue weighted by molar-refractivity contribution is -0.141. The zero-order valence-corrected chi connectivity index (χ0v) is 17.9. The van der Waals surface area contributed by atoms with E-state index in [2.05, 4.69) is 4.72 Å². The third kappa shape index (κ3) is 6.20. The van der Waals surface area contributed by atoms with Crippen molar-refractivity contribution in [3.63, 3.8) is 0 Å². The first kappa shape index (κ1) is 22.7. The highest BCUT2D eigenvalue weighted by Crippen LogP contribution is 2.31. The fraction of sp³-hybridized carbons (Fsp3) is 0.381. The molecular formula is C21H27NO6S. The van der Waals surface area contributed by atoms with Crippen LogP contribution in [0.4, 0.5) is 0 Å². The largest absolute Gasteiger partial charge is 0.490 e. The van der Waals surface area contributed by atoms with Gasteiger partial charge in [-0.3, -0.25) is 4.79 Å². The monoisotopic (exact) mass is 421 g/mol. The van der Waals surface area contributed by atoms with Crippen molar-refractivity contribution in [2.75, 3.05) is 20.3 Å². The number of rotatable bonds is 10. The Morgan fingerprint density at radius 1 is 1.00 bits per heavy atom. The van der Waals surface area contributed by atoms with Crippen molar-refractivity contribution in [1.82, 2.24) is 4.72 Å². The summed E-state index contributed by atoms with van der Waals surface area (Å²) in [6.45, 7) is 6.36. The fourth-order valence-corrected chi connectivity index (χ4v) is 3.97. The predicted octanol–water partition coefficient (Wildman–Crippen LogP) is 3.38. The molecule has 7 nitrogen and oxygen atoms in total. The van der Waals surface area contributed by atoms with Crippen molar-refractivity contribution in [3.8, 4) is 11.5 Å². The molecule has 0 aliphatic rings. The van der Waals surface area contributed by atoms with Crippen LogP contribution < -0.4 is 14.2 Å². The van der Waals surface area contributed by atoms with Gasteiger partial charge in [-0.25, -0.2) is 13.1 Å². The van der Waals surface area contributed by atoms with Crippen LogP contribution in [0.3, 0.4) is 0 Å². The number of hydrogen-bond donors (Lipinski definition) is 1. The van der Waals surface area contributed by atoms with Gasteiger partial charge in [0, 0.05) is 6.07 Å². The van der Waals surface area contributed by atoms with Crippen LogP contribution in [0, 0.1) is 6.92 Å². The van der Waals surface area contributed by atoms with Gasteiger partial charge in [0.15, 0.2) is 11.5 Å². The first-order valence-electron chi connectivity index (χ1n) is 9.36. The van der Waals surface area contributed by atoms with E-state index in [1.165, 1.54) is 19.2 Å². The maximum atomic E-state index is 13.0. The zero-order chi connectivity index (χ0) is 21.4. The molecule has 2 aromatic rings. The molecule has 2 rings (SSSR count). The number of sulfonamides is 1. The number of ether oxygens (including phenoxy) is 3. The summed E-state index contributed by atoms with van der Waals surface area (Å²) in [7, 11) is -2.67. The van der Waals surface area contributed by atoms with Crippen LogP contribution >= 0.6 is 0 Å². The third-order valence-corrected chi connectivity index (χ3v) is 5.67. The number of carbonyl (C=O) groups is 1. The van der Waals surface area contributed by atoms with Crippen LogP contribution in [0.15, 0.2) is 47.4 Å². The number of aryl methyl sites for hydroxylation is 1. The van der Waals surface area contributed by atoms with Crippen molar-refractivity contribution in [3.05, 3.63) is 53.6 Å². The second kappa shape index (κ2) is 10.3. The minimum Gasteiger partial charge on any atom is -0.490 e. The molecule has 1 unspecified atom stereocenters. The van der Waals surface area contributed by atoms with Crippen molar-refractivity contribution < 1.29 is 27.4 Å². The summed E-state index contributed by atoms with van der Waals surface area (Å²) in [6, 6.07) is 10.9. The summed E-state index contributed by atoms with van der Waals surface area (Å²) in [5.74, 6) is 0.301. The summed E-state index contributed by atoms with van der Waals surface area (Å²) >= 11 is 0. The highest BCUT2D eigenvalue weighted by atomic mass is 32.2.